The van der Waals surface area contributed by atoms with Crippen molar-refractivity contribution in [2.45, 2.75) is 16.3 Å². The van der Waals surface area contributed by atoms with Crippen molar-refractivity contribution in [1.29, 1.82) is 0 Å². The van der Waals surface area contributed by atoms with Gasteiger partial charge in [-0.2, -0.15) is 0 Å². The number of fused-ring (bicyclic) bond motifs is 1. The molecule has 2 atom stereocenters. The summed E-state index contributed by atoms with van der Waals surface area (Å²) in [6.07, 6.45) is 1.51. The highest BCUT2D eigenvalue weighted by Crippen LogP contribution is 2.41. The van der Waals surface area contributed by atoms with Crippen LogP contribution in [-0.4, -0.2) is 41.0 Å². The van der Waals surface area contributed by atoms with Crippen LogP contribution in [0.15, 0.2) is 58.3 Å². The Labute approximate surface area is 176 Å². The number of alkyl halides is 1. The number of anilines is 1. The summed E-state index contributed by atoms with van der Waals surface area (Å²) < 4.78 is 5.14. The lowest BCUT2D eigenvalue weighted by molar-refractivity contribution is -0.150. The van der Waals surface area contributed by atoms with Crippen LogP contribution in [0.5, 0.6) is 11.5 Å². The minimum atomic E-state index is -0.725. The predicted octanol–water partition coefficient (Wildman–Crippen LogP) is 3.02. The second-order valence-corrected chi connectivity index (χ2v) is 8.16. The zero-order chi connectivity index (χ0) is 20.5. The number of benzene rings is 2. The van der Waals surface area contributed by atoms with Crippen molar-refractivity contribution < 1.29 is 19.4 Å². The third-order valence-electron chi connectivity index (χ3n) is 4.68. The Morgan fingerprint density at radius 3 is 2.86 bits per heavy atom. The molecule has 2 aliphatic heterocycles. The van der Waals surface area contributed by atoms with E-state index < -0.39 is 11.4 Å². The van der Waals surface area contributed by atoms with Crippen LogP contribution < -0.4 is 15.5 Å². The lowest BCUT2D eigenvalue weighted by Gasteiger charge is -2.44. The number of aromatic hydroxyl groups is 1. The van der Waals surface area contributed by atoms with E-state index in [1.807, 2.05) is 24.3 Å². The first-order valence-electron chi connectivity index (χ1n) is 8.84. The molecule has 4 rings (SSSR count). The molecular weight excluding hydrogens is 414 g/mol. The summed E-state index contributed by atoms with van der Waals surface area (Å²) >= 11 is 7.71. The number of methoxy groups -OCH3 is 1. The van der Waals surface area contributed by atoms with Crippen molar-refractivity contribution in [1.82, 2.24) is 10.4 Å². The average Bonchev–Trinajstić information content (AvgIpc) is 2.88. The molecule has 1 fully saturated rings. The molecule has 2 aromatic rings. The van der Waals surface area contributed by atoms with E-state index in [-0.39, 0.29) is 24.1 Å². The highest BCUT2D eigenvalue weighted by Gasteiger charge is 2.47. The van der Waals surface area contributed by atoms with E-state index in [2.05, 4.69) is 10.7 Å². The molecule has 0 aromatic heterocycles. The van der Waals surface area contributed by atoms with Crippen LogP contribution in [0, 0.1) is 0 Å². The molecule has 7 nitrogen and oxygen atoms in total. The minimum absolute atomic E-state index is 0.0113. The van der Waals surface area contributed by atoms with E-state index in [1.165, 1.54) is 36.0 Å². The highest BCUT2D eigenvalue weighted by molar-refractivity contribution is 8.03. The first kappa shape index (κ1) is 19.6. The fourth-order valence-corrected chi connectivity index (χ4v) is 4.55. The van der Waals surface area contributed by atoms with Gasteiger partial charge in [0.25, 0.3) is 5.91 Å². The number of rotatable bonds is 5. The number of hydrogen-bond acceptors (Lipinski definition) is 6. The maximum Gasteiger partial charge on any atom is 0.257 e. The number of carbonyl (C=O) groups is 2. The molecule has 3 N–H and O–H groups in total. The largest absolute Gasteiger partial charge is 0.504 e. The number of phenols is 1. The van der Waals surface area contributed by atoms with Gasteiger partial charge in [0.2, 0.25) is 5.91 Å². The topological polar surface area (TPSA) is 90.9 Å². The van der Waals surface area contributed by atoms with Gasteiger partial charge in [-0.15, -0.1) is 11.6 Å². The number of halogens is 1. The van der Waals surface area contributed by atoms with E-state index in [4.69, 9.17) is 16.3 Å². The molecule has 150 valence electrons. The van der Waals surface area contributed by atoms with E-state index >= 15 is 0 Å². The summed E-state index contributed by atoms with van der Waals surface area (Å²) in [6, 6.07) is 12.0. The second-order valence-electron chi connectivity index (χ2n) is 6.52. The summed E-state index contributed by atoms with van der Waals surface area (Å²) in [6.45, 7) is 0.285. The number of nitrogens with one attached hydrogen (secondary N) is 2. The normalized spacial score (nSPS) is 20.9. The number of para-hydroxylation sites is 1. The highest BCUT2D eigenvalue weighted by atomic mass is 35.5. The van der Waals surface area contributed by atoms with Crippen LogP contribution in [0.2, 0.25) is 0 Å². The molecule has 2 amide bonds. The molecule has 29 heavy (non-hydrogen) atoms. The van der Waals surface area contributed by atoms with Crippen LogP contribution in [0.3, 0.4) is 0 Å². The number of hydrogen-bond donors (Lipinski definition) is 3. The lowest BCUT2D eigenvalue weighted by atomic mass is 9.95. The zero-order valence-electron chi connectivity index (χ0n) is 15.4. The van der Waals surface area contributed by atoms with Crippen molar-refractivity contribution in [3.63, 3.8) is 0 Å². The molecule has 0 aliphatic carbocycles. The van der Waals surface area contributed by atoms with Crippen LogP contribution in [0.4, 0.5) is 5.69 Å². The van der Waals surface area contributed by atoms with Gasteiger partial charge in [-0.3, -0.25) is 14.6 Å². The van der Waals surface area contributed by atoms with Crippen molar-refractivity contribution >= 4 is 40.9 Å². The number of thioether (sulfide) groups is 1. The van der Waals surface area contributed by atoms with Gasteiger partial charge >= 0.3 is 0 Å². The number of carbonyl (C=O) groups excluding carboxylic acids is 2. The molecule has 2 aromatic carbocycles. The maximum atomic E-state index is 12.3. The molecular formula is C20H18ClN3O4S. The number of phenolic OH excluding ortho intramolecular Hbond substituents is 1. The number of ether oxygens (including phenoxy) is 1. The van der Waals surface area contributed by atoms with Gasteiger partial charge in [-0.25, -0.2) is 5.43 Å². The zero-order valence-corrected chi connectivity index (χ0v) is 17.0. The van der Waals surface area contributed by atoms with Crippen molar-refractivity contribution in [3.05, 3.63) is 59.0 Å². The second kappa shape index (κ2) is 7.98. The van der Waals surface area contributed by atoms with Crippen molar-refractivity contribution in [2.24, 2.45) is 0 Å². The summed E-state index contributed by atoms with van der Waals surface area (Å²) in [4.78, 5) is 26.1. The minimum Gasteiger partial charge on any atom is -0.504 e. The monoisotopic (exact) mass is 431 g/mol. The number of β-lactam (4-membered cyclic amide) rings is 1. The van der Waals surface area contributed by atoms with Crippen LogP contribution in [-0.2, 0) is 9.59 Å². The molecule has 0 spiro atoms. The summed E-state index contributed by atoms with van der Waals surface area (Å²) in [5.41, 5.74) is 4.56. The molecule has 2 aliphatic rings. The summed E-state index contributed by atoms with van der Waals surface area (Å²) in [5, 5.41) is 13.3. The van der Waals surface area contributed by atoms with Gasteiger partial charge in [0.1, 0.15) is 5.38 Å². The quantitative estimate of drug-likeness (QED) is 0.498. The van der Waals surface area contributed by atoms with Gasteiger partial charge in [0.05, 0.1) is 18.8 Å². The first-order chi connectivity index (χ1) is 14.0. The Morgan fingerprint density at radius 1 is 1.28 bits per heavy atom. The Morgan fingerprint density at radius 2 is 2.07 bits per heavy atom. The van der Waals surface area contributed by atoms with Gasteiger partial charge in [0, 0.05) is 22.4 Å². The smallest absolute Gasteiger partial charge is 0.257 e. The third kappa shape index (κ3) is 3.78. The van der Waals surface area contributed by atoms with E-state index in [0.717, 1.165) is 21.1 Å². The molecule has 0 saturated carbocycles. The Hall–Kier alpha value is -2.68. The third-order valence-corrected chi connectivity index (χ3v) is 6.20. The van der Waals surface area contributed by atoms with Crippen LogP contribution >= 0.6 is 23.4 Å². The molecule has 0 bridgehead atoms. The first-order valence-corrected chi connectivity index (χ1v) is 10.1. The number of hydrazine groups is 1. The lowest BCUT2D eigenvalue weighted by Crippen LogP contribution is -2.62. The van der Waals surface area contributed by atoms with Gasteiger partial charge in [-0.05, 0) is 29.8 Å². The molecule has 0 radical (unpaired) electrons. The predicted molar refractivity (Wildman–Crippen MR) is 111 cm³/mol. The molecule has 9 heteroatoms. The molecule has 1 saturated heterocycles. The summed E-state index contributed by atoms with van der Waals surface area (Å²) in [7, 11) is 1.46. The van der Waals surface area contributed by atoms with Crippen LogP contribution in [0.25, 0.3) is 0 Å². The van der Waals surface area contributed by atoms with Gasteiger partial charge in [0.15, 0.2) is 11.5 Å². The average molecular weight is 432 g/mol. The van der Waals surface area contributed by atoms with E-state index in [1.54, 1.807) is 12.1 Å². The van der Waals surface area contributed by atoms with Crippen molar-refractivity contribution in [3.8, 4) is 11.5 Å². The Balaban J connectivity index is 1.50. The van der Waals surface area contributed by atoms with E-state index in [0.29, 0.717) is 5.75 Å². The SMILES string of the molecule is COc1cc(C2C(Cl)C(=O)N2NCC2=CC(=O)Nc3ccccc3S2)ccc1O. The van der Waals surface area contributed by atoms with Gasteiger partial charge in [-0.1, -0.05) is 30.0 Å². The number of nitrogens with zero attached hydrogens (tertiary/aromatic N) is 1. The molecule has 2 unspecified atom stereocenters. The van der Waals surface area contributed by atoms with Crippen LogP contribution in [0.1, 0.15) is 11.6 Å². The molecule has 2 heterocycles. The maximum absolute atomic E-state index is 12.3. The summed E-state index contributed by atoms with van der Waals surface area (Å²) in [5.74, 6) is -0.157. The fourth-order valence-electron chi connectivity index (χ4n) is 3.22. The van der Waals surface area contributed by atoms with Gasteiger partial charge < -0.3 is 15.2 Å². The standard InChI is InChI=1S/C20H18ClN3O4S/c1-28-15-8-11(6-7-14(15)25)19-18(21)20(27)24(19)22-10-12-9-17(26)23-13-4-2-3-5-16(13)29-12/h2-9,18-19,22,25H,10H2,1H3,(H,23,26). The Kier molecular flexibility index (Phi) is 5.40. The van der Waals surface area contributed by atoms with E-state index in [9.17, 15) is 14.7 Å². The van der Waals surface area contributed by atoms with Crippen molar-refractivity contribution in [2.75, 3.05) is 19.0 Å². The Bertz CT molecular complexity index is 1010. The fraction of sp³-hybridized carbons (Fsp3) is 0.200. The number of amides is 2.